The van der Waals surface area contributed by atoms with Crippen molar-refractivity contribution in [2.24, 2.45) is 0 Å². The third-order valence-electron chi connectivity index (χ3n) is 3.92. The van der Waals surface area contributed by atoms with Crippen molar-refractivity contribution in [3.63, 3.8) is 0 Å². The number of aromatic nitrogens is 3. The molecule has 0 aliphatic carbocycles. The van der Waals surface area contributed by atoms with Crippen LogP contribution in [0.15, 0.2) is 24.3 Å². The number of benzene rings is 1. The van der Waals surface area contributed by atoms with Gasteiger partial charge in [0.1, 0.15) is 18.2 Å². The molecule has 0 saturated heterocycles. The molecule has 2 aromatic rings. The van der Waals surface area contributed by atoms with Gasteiger partial charge in [0.15, 0.2) is 5.82 Å². The zero-order valence-electron chi connectivity index (χ0n) is 13.4. The number of rotatable bonds is 5. The van der Waals surface area contributed by atoms with Gasteiger partial charge in [-0.1, -0.05) is 12.1 Å². The van der Waals surface area contributed by atoms with E-state index >= 15 is 0 Å². The monoisotopic (exact) mass is 316 g/mol. The first kappa shape index (κ1) is 15.5. The molecule has 0 N–H and O–H groups in total. The van der Waals surface area contributed by atoms with Crippen LogP contribution in [0.2, 0.25) is 0 Å². The van der Waals surface area contributed by atoms with Crippen molar-refractivity contribution >= 4 is 5.91 Å². The molecule has 23 heavy (non-hydrogen) atoms. The van der Waals surface area contributed by atoms with Gasteiger partial charge in [0.2, 0.25) is 5.91 Å². The van der Waals surface area contributed by atoms with Gasteiger partial charge >= 0.3 is 0 Å². The number of aryl methyl sites for hydroxylation is 1. The maximum Gasteiger partial charge on any atom is 0.249 e. The molecule has 0 fully saturated rings. The van der Waals surface area contributed by atoms with Gasteiger partial charge in [0, 0.05) is 13.1 Å². The molecule has 1 aromatic heterocycles. The molecule has 0 atom stereocenters. The Balaban J connectivity index is 1.50. The largest absolute Gasteiger partial charge is 0.497 e. The summed E-state index contributed by atoms with van der Waals surface area (Å²) in [6.45, 7) is 4.24. The lowest BCUT2D eigenvalue weighted by Crippen LogP contribution is -2.40. The van der Waals surface area contributed by atoms with Crippen LogP contribution in [0.25, 0.3) is 0 Å². The molecule has 1 aliphatic heterocycles. The Morgan fingerprint density at radius 3 is 3.00 bits per heavy atom. The lowest BCUT2D eigenvalue weighted by Gasteiger charge is -2.27. The zero-order valence-corrected chi connectivity index (χ0v) is 13.4. The van der Waals surface area contributed by atoms with Crippen molar-refractivity contribution in [3.05, 3.63) is 41.5 Å². The minimum atomic E-state index is -0.0280. The quantitative estimate of drug-likeness (QED) is 0.828. The third-order valence-corrected chi connectivity index (χ3v) is 3.92. The number of fused-ring (bicyclic) bond motifs is 1. The Morgan fingerprint density at radius 2 is 2.17 bits per heavy atom. The summed E-state index contributed by atoms with van der Waals surface area (Å²) < 4.78 is 12.7. The minimum Gasteiger partial charge on any atom is -0.497 e. The van der Waals surface area contributed by atoms with E-state index in [2.05, 4.69) is 10.2 Å². The number of carbonyl (C=O) groups is 1. The van der Waals surface area contributed by atoms with Crippen LogP contribution in [0.4, 0.5) is 0 Å². The molecule has 0 spiro atoms. The number of amides is 1. The first-order valence-electron chi connectivity index (χ1n) is 7.54. The number of nitrogens with zero attached hydrogens (tertiary/aromatic N) is 4. The Labute approximate surface area is 134 Å². The summed E-state index contributed by atoms with van der Waals surface area (Å²) in [5.41, 5.74) is 0.978. The average molecular weight is 316 g/mol. The van der Waals surface area contributed by atoms with Crippen molar-refractivity contribution in [2.45, 2.75) is 26.6 Å². The second-order valence-electron chi connectivity index (χ2n) is 5.47. The minimum absolute atomic E-state index is 0.0280. The predicted molar refractivity (Wildman–Crippen MR) is 82.8 cm³/mol. The lowest BCUT2D eigenvalue weighted by molar-refractivity contribution is -0.138. The van der Waals surface area contributed by atoms with E-state index in [1.807, 2.05) is 35.8 Å². The summed E-state index contributed by atoms with van der Waals surface area (Å²) in [5.74, 6) is 2.47. The molecule has 7 nitrogen and oxygen atoms in total. The number of ether oxygens (including phenoxy) is 2. The summed E-state index contributed by atoms with van der Waals surface area (Å²) in [6, 6.07) is 7.62. The maximum atomic E-state index is 12.2. The molecule has 0 radical (unpaired) electrons. The Morgan fingerprint density at radius 1 is 1.30 bits per heavy atom. The normalized spacial score (nSPS) is 13.7. The van der Waals surface area contributed by atoms with Gasteiger partial charge in [0.25, 0.3) is 0 Å². The van der Waals surface area contributed by atoms with Crippen LogP contribution in [-0.2, 0) is 29.2 Å². The molecule has 1 aliphatic rings. The first-order chi connectivity index (χ1) is 11.2. The highest BCUT2D eigenvalue weighted by atomic mass is 16.5. The van der Waals surface area contributed by atoms with Crippen molar-refractivity contribution in [1.29, 1.82) is 0 Å². The number of carbonyl (C=O) groups excluding carboxylic acids is 1. The van der Waals surface area contributed by atoms with Crippen molar-refractivity contribution < 1.29 is 14.3 Å². The first-order valence-corrected chi connectivity index (χ1v) is 7.54. The summed E-state index contributed by atoms with van der Waals surface area (Å²) in [5, 5.41) is 8.14. The van der Waals surface area contributed by atoms with Gasteiger partial charge in [-0.05, 0) is 24.6 Å². The predicted octanol–water partition coefficient (Wildman–Crippen LogP) is 1.15. The van der Waals surface area contributed by atoms with Gasteiger partial charge in [-0.25, -0.2) is 0 Å². The number of hydrogen-bond acceptors (Lipinski definition) is 5. The van der Waals surface area contributed by atoms with Crippen LogP contribution in [0.3, 0.4) is 0 Å². The second-order valence-corrected chi connectivity index (χ2v) is 5.47. The Bertz CT molecular complexity index is 698. The Kier molecular flexibility index (Phi) is 4.57. The van der Waals surface area contributed by atoms with Crippen LogP contribution >= 0.6 is 0 Å². The molecule has 0 unspecified atom stereocenters. The highest BCUT2D eigenvalue weighted by Gasteiger charge is 2.23. The number of hydrogen-bond donors (Lipinski definition) is 0. The van der Waals surface area contributed by atoms with E-state index in [4.69, 9.17) is 9.47 Å². The van der Waals surface area contributed by atoms with E-state index in [0.717, 1.165) is 29.5 Å². The molecule has 0 bridgehead atoms. The zero-order chi connectivity index (χ0) is 16.2. The molecule has 1 aromatic carbocycles. The fourth-order valence-electron chi connectivity index (χ4n) is 2.63. The van der Waals surface area contributed by atoms with Gasteiger partial charge in [-0.15, -0.1) is 10.2 Å². The van der Waals surface area contributed by atoms with Gasteiger partial charge < -0.3 is 18.9 Å². The van der Waals surface area contributed by atoms with Gasteiger partial charge in [-0.3, -0.25) is 4.79 Å². The van der Waals surface area contributed by atoms with Crippen LogP contribution in [0.1, 0.15) is 17.2 Å². The van der Waals surface area contributed by atoms with E-state index in [-0.39, 0.29) is 12.5 Å². The van der Waals surface area contributed by atoms with E-state index in [0.29, 0.717) is 19.7 Å². The highest BCUT2D eigenvalue weighted by Crippen LogP contribution is 2.14. The van der Waals surface area contributed by atoms with E-state index in [1.54, 1.807) is 12.0 Å². The standard InChI is InChI=1S/C16H20N4O3/c1-12-17-18-15-9-19(6-7-20(12)15)16(21)11-23-10-13-4-3-5-14(8-13)22-2/h3-5,8H,6-7,9-11H2,1-2H3. The molecule has 2 heterocycles. The molecular formula is C16H20N4O3. The average Bonchev–Trinajstić information content (AvgIpc) is 2.95. The fraction of sp³-hybridized carbons (Fsp3) is 0.438. The van der Waals surface area contributed by atoms with E-state index in [9.17, 15) is 4.79 Å². The summed E-state index contributed by atoms with van der Waals surface area (Å²) in [6.07, 6.45) is 0. The molecule has 0 saturated carbocycles. The van der Waals surface area contributed by atoms with Crippen LogP contribution in [0.5, 0.6) is 5.75 Å². The molecular weight excluding hydrogens is 296 g/mol. The van der Waals surface area contributed by atoms with E-state index < -0.39 is 0 Å². The summed E-state index contributed by atoms with van der Waals surface area (Å²) >= 11 is 0. The second kappa shape index (κ2) is 6.78. The van der Waals surface area contributed by atoms with Gasteiger partial charge in [-0.2, -0.15) is 0 Å². The van der Waals surface area contributed by atoms with Crippen molar-refractivity contribution in [1.82, 2.24) is 19.7 Å². The third kappa shape index (κ3) is 3.50. The smallest absolute Gasteiger partial charge is 0.249 e. The van der Waals surface area contributed by atoms with Crippen LogP contribution in [-0.4, -0.2) is 45.8 Å². The number of methoxy groups -OCH3 is 1. The van der Waals surface area contributed by atoms with Crippen molar-refractivity contribution in [2.75, 3.05) is 20.3 Å². The molecule has 1 amide bonds. The molecule has 122 valence electrons. The SMILES string of the molecule is COc1cccc(COCC(=O)N2CCn3c(C)nnc3C2)c1. The highest BCUT2D eigenvalue weighted by molar-refractivity contribution is 5.77. The summed E-state index contributed by atoms with van der Waals surface area (Å²) in [4.78, 5) is 14.0. The summed E-state index contributed by atoms with van der Waals surface area (Å²) in [7, 11) is 1.63. The molecule has 7 heteroatoms. The lowest BCUT2D eigenvalue weighted by atomic mass is 10.2. The Hall–Kier alpha value is -2.41. The van der Waals surface area contributed by atoms with Gasteiger partial charge in [0.05, 0.1) is 20.3 Å². The van der Waals surface area contributed by atoms with Crippen LogP contribution in [0, 0.1) is 6.92 Å². The fourth-order valence-corrected chi connectivity index (χ4v) is 2.63. The van der Waals surface area contributed by atoms with E-state index in [1.165, 1.54) is 0 Å². The van der Waals surface area contributed by atoms with Crippen molar-refractivity contribution in [3.8, 4) is 5.75 Å². The van der Waals surface area contributed by atoms with Crippen LogP contribution < -0.4 is 4.74 Å². The topological polar surface area (TPSA) is 69.5 Å². The molecule has 3 rings (SSSR count). The maximum absolute atomic E-state index is 12.2.